The molecule has 0 aromatic heterocycles. The minimum Gasteiger partial charge on any atom is -0.338 e. The van der Waals surface area contributed by atoms with E-state index in [1.165, 1.54) is 23.5 Å². The Kier molecular flexibility index (Phi) is 6.01. The lowest BCUT2D eigenvalue weighted by atomic mass is 9.99. The van der Waals surface area contributed by atoms with E-state index < -0.39 is 10.0 Å². The molecule has 28 heavy (non-hydrogen) atoms. The summed E-state index contributed by atoms with van der Waals surface area (Å²) in [5.74, 6) is 0.512. The standard InChI is InChI=1S/C21H25ClN2O3S/c1-15-5-4-12-24(14-15)21(25)17-6-11-20(16(2)13-17)23(3)28(26,27)19-9-7-18(22)8-10-19/h6-11,13,15H,4-5,12,14H2,1-3H3/t15-/m0/s1. The molecule has 0 bridgehead atoms. The SMILES string of the molecule is Cc1cc(C(=O)N2CCC[C@H](C)C2)ccc1N(C)S(=O)(=O)c1ccc(Cl)cc1. The molecule has 7 heteroatoms. The van der Waals surface area contributed by atoms with E-state index in [2.05, 4.69) is 6.92 Å². The quantitative estimate of drug-likeness (QED) is 0.738. The summed E-state index contributed by atoms with van der Waals surface area (Å²) in [6.45, 7) is 5.52. The first-order chi connectivity index (χ1) is 13.2. The largest absolute Gasteiger partial charge is 0.338 e. The number of rotatable bonds is 4. The molecule has 150 valence electrons. The molecule has 1 aliphatic heterocycles. The van der Waals surface area contributed by atoms with Gasteiger partial charge in [0.2, 0.25) is 0 Å². The van der Waals surface area contributed by atoms with E-state index in [-0.39, 0.29) is 10.8 Å². The van der Waals surface area contributed by atoms with E-state index in [0.29, 0.717) is 22.2 Å². The highest BCUT2D eigenvalue weighted by Crippen LogP contribution is 2.28. The van der Waals surface area contributed by atoms with Gasteiger partial charge >= 0.3 is 0 Å². The van der Waals surface area contributed by atoms with Gasteiger partial charge in [0.25, 0.3) is 15.9 Å². The highest BCUT2D eigenvalue weighted by atomic mass is 35.5. The number of piperidine rings is 1. The second-order valence-electron chi connectivity index (χ2n) is 7.43. The Morgan fingerprint density at radius 1 is 1.18 bits per heavy atom. The van der Waals surface area contributed by atoms with Gasteiger partial charge in [-0.3, -0.25) is 9.10 Å². The molecule has 0 unspecified atom stereocenters. The molecule has 0 saturated carbocycles. The fourth-order valence-corrected chi connectivity index (χ4v) is 4.98. The van der Waals surface area contributed by atoms with Crippen molar-refractivity contribution in [2.24, 2.45) is 5.92 Å². The second kappa shape index (κ2) is 8.13. The Morgan fingerprint density at radius 3 is 2.46 bits per heavy atom. The van der Waals surface area contributed by atoms with Gasteiger partial charge in [-0.1, -0.05) is 18.5 Å². The van der Waals surface area contributed by atoms with Gasteiger partial charge in [-0.2, -0.15) is 0 Å². The number of amides is 1. The van der Waals surface area contributed by atoms with Gasteiger partial charge in [-0.05, 0) is 73.7 Å². The minimum absolute atomic E-state index is 0.00408. The van der Waals surface area contributed by atoms with Crippen LogP contribution in [0.1, 0.15) is 35.7 Å². The van der Waals surface area contributed by atoms with E-state index in [9.17, 15) is 13.2 Å². The third kappa shape index (κ3) is 4.18. The average molecular weight is 421 g/mol. The van der Waals surface area contributed by atoms with Crippen LogP contribution in [-0.4, -0.2) is 39.4 Å². The van der Waals surface area contributed by atoms with E-state index in [1.807, 2.05) is 11.8 Å². The zero-order chi connectivity index (χ0) is 20.5. The Balaban J connectivity index is 1.85. The summed E-state index contributed by atoms with van der Waals surface area (Å²) in [6, 6.07) is 11.2. The summed E-state index contributed by atoms with van der Waals surface area (Å²) in [5.41, 5.74) is 1.86. The number of likely N-dealkylation sites (tertiary alicyclic amines) is 1. The number of nitrogens with zero attached hydrogens (tertiary/aromatic N) is 2. The summed E-state index contributed by atoms with van der Waals surface area (Å²) in [4.78, 5) is 14.9. The summed E-state index contributed by atoms with van der Waals surface area (Å²) >= 11 is 5.86. The number of hydrogen-bond acceptors (Lipinski definition) is 3. The highest BCUT2D eigenvalue weighted by Gasteiger charge is 2.25. The molecule has 1 amide bonds. The number of halogens is 1. The lowest BCUT2D eigenvalue weighted by Gasteiger charge is -2.31. The van der Waals surface area contributed by atoms with Crippen molar-refractivity contribution in [1.82, 2.24) is 4.90 Å². The molecule has 0 aliphatic carbocycles. The Morgan fingerprint density at radius 2 is 1.86 bits per heavy atom. The first-order valence-corrected chi connectivity index (χ1v) is 11.2. The van der Waals surface area contributed by atoms with Crippen LogP contribution < -0.4 is 4.31 Å². The maximum absolute atomic E-state index is 12.9. The van der Waals surface area contributed by atoms with Crippen molar-refractivity contribution in [3.05, 3.63) is 58.6 Å². The van der Waals surface area contributed by atoms with Crippen molar-refractivity contribution in [3.63, 3.8) is 0 Å². The molecule has 1 atom stereocenters. The van der Waals surface area contributed by atoms with Crippen molar-refractivity contribution >= 4 is 33.2 Å². The van der Waals surface area contributed by atoms with Crippen molar-refractivity contribution in [1.29, 1.82) is 0 Å². The normalized spacial score (nSPS) is 17.4. The minimum atomic E-state index is -3.71. The van der Waals surface area contributed by atoms with Crippen molar-refractivity contribution in [3.8, 4) is 0 Å². The lowest BCUT2D eigenvalue weighted by Crippen LogP contribution is -2.39. The maximum Gasteiger partial charge on any atom is 0.264 e. The van der Waals surface area contributed by atoms with Crippen LogP contribution in [0.25, 0.3) is 0 Å². The summed E-state index contributed by atoms with van der Waals surface area (Å²) < 4.78 is 27.1. The molecule has 1 aliphatic rings. The fourth-order valence-electron chi connectivity index (χ4n) is 3.59. The second-order valence-corrected chi connectivity index (χ2v) is 9.83. The molecule has 1 fully saturated rings. The van der Waals surface area contributed by atoms with Crippen LogP contribution in [0.3, 0.4) is 0 Å². The number of sulfonamides is 1. The zero-order valence-electron chi connectivity index (χ0n) is 16.4. The van der Waals surface area contributed by atoms with Crippen LogP contribution >= 0.6 is 11.6 Å². The summed E-state index contributed by atoms with van der Waals surface area (Å²) in [5, 5.41) is 0.479. The lowest BCUT2D eigenvalue weighted by molar-refractivity contribution is 0.0683. The Bertz CT molecular complexity index is 974. The number of benzene rings is 2. The summed E-state index contributed by atoms with van der Waals surface area (Å²) in [6.07, 6.45) is 2.17. The van der Waals surface area contributed by atoms with E-state index in [1.54, 1.807) is 30.3 Å². The Labute approximate surface area is 172 Å². The summed E-state index contributed by atoms with van der Waals surface area (Å²) in [7, 11) is -2.20. The van der Waals surface area contributed by atoms with Crippen molar-refractivity contribution in [2.45, 2.75) is 31.6 Å². The molecular weight excluding hydrogens is 396 g/mol. The highest BCUT2D eigenvalue weighted by molar-refractivity contribution is 7.92. The van der Waals surface area contributed by atoms with Gasteiger partial charge in [-0.25, -0.2) is 8.42 Å². The first-order valence-electron chi connectivity index (χ1n) is 9.34. The number of carbonyl (C=O) groups excluding carboxylic acids is 1. The van der Waals surface area contributed by atoms with Gasteiger partial charge in [0, 0.05) is 30.7 Å². The number of aryl methyl sites for hydroxylation is 1. The number of hydrogen-bond donors (Lipinski definition) is 0. The zero-order valence-corrected chi connectivity index (χ0v) is 17.9. The third-order valence-corrected chi connectivity index (χ3v) is 7.24. The van der Waals surface area contributed by atoms with Gasteiger partial charge in [0.15, 0.2) is 0 Å². The van der Waals surface area contributed by atoms with Gasteiger partial charge in [0.1, 0.15) is 0 Å². The van der Waals surface area contributed by atoms with E-state index >= 15 is 0 Å². The molecule has 1 heterocycles. The molecule has 2 aromatic carbocycles. The van der Waals surface area contributed by atoms with Crippen molar-refractivity contribution < 1.29 is 13.2 Å². The van der Waals surface area contributed by atoms with Crippen LogP contribution in [0, 0.1) is 12.8 Å². The van der Waals surface area contributed by atoms with Crippen LogP contribution in [0.5, 0.6) is 0 Å². The first kappa shape index (κ1) is 20.7. The fraction of sp³-hybridized carbons (Fsp3) is 0.381. The number of anilines is 1. The van der Waals surface area contributed by atoms with Gasteiger partial charge in [0.05, 0.1) is 10.6 Å². The van der Waals surface area contributed by atoms with Crippen molar-refractivity contribution in [2.75, 3.05) is 24.4 Å². The predicted octanol–water partition coefficient (Wildman–Crippen LogP) is 4.35. The topological polar surface area (TPSA) is 57.7 Å². The molecule has 2 aromatic rings. The molecule has 5 nitrogen and oxygen atoms in total. The predicted molar refractivity (Wildman–Crippen MR) is 113 cm³/mol. The maximum atomic E-state index is 12.9. The van der Waals surface area contributed by atoms with Gasteiger partial charge in [-0.15, -0.1) is 0 Å². The molecule has 0 spiro atoms. The van der Waals surface area contributed by atoms with Crippen LogP contribution in [0.2, 0.25) is 5.02 Å². The van der Waals surface area contributed by atoms with E-state index in [0.717, 1.165) is 31.5 Å². The van der Waals surface area contributed by atoms with Gasteiger partial charge < -0.3 is 4.90 Å². The third-order valence-electron chi connectivity index (χ3n) is 5.20. The van der Waals surface area contributed by atoms with Crippen LogP contribution in [0.15, 0.2) is 47.4 Å². The Hall–Kier alpha value is -2.05. The van der Waals surface area contributed by atoms with Crippen LogP contribution in [0.4, 0.5) is 5.69 Å². The molecule has 0 radical (unpaired) electrons. The smallest absolute Gasteiger partial charge is 0.264 e. The number of carbonyl (C=O) groups is 1. The monoisotopic (exact) mass is 420 g/mol. The molecular formula is C21H25ClN2O3S. The van der Waals surface area contributed by atoms with E-state index in [4.69, 9.17) is 11.6 Å². The van der Waals surface area contributed by atoms with Crippen LogP contribution in [-0.2, 0) is 10.0 Å². The average Bonchev–Trinajstić information content (AvgIpc) is 2.67. The molecule has 3 rings (SSSR count). The molecule has 1 saturated heterocycles. The molecule has 0 N–H and O–H groups in total.